The lowest BCUT2D eigenvalue weighted by molar-refractivity contribution is 0.842. The SMILES string of the molecule is C=C1CC2=C(c3ccccc31)c1ccc3cc(C)ccc3c1C=CC2C. The molecule has 0 radical (unpaired) electrons. The van der Waals surface area contributed by atoms with Crippen LogP contribution in [0.3, 0.4) is 0 Å². The summed E-state index contributed by atoms with van der Waals surface area (Å²) in [5, 5.41) is 2.66. The average Bonchev–Trinajstić information content (AvgIpc) is 2.79. The van der Waals surface area contributed by atoms with Crippen LogP contribution in [0.4, 0.5) is 0 Å². The fourth-order valence-electron chi connectivity index (χ4n) is 4.53. The first kappa shape index (κ1) is 15.4. The predicted octanol–water partition coefficient (Wildman–Crippen LogP) is 7.03. The molecule has 1 unspecified atom stereocenters. The second-order valence-corrected chi connectivity index (χ2v) is 7.63. The molecule has 0 heterocycles. The maximum atomic E-state index is 4.37. The van der Waals surface area contributed by atoms with Crippen LogP contribution in [0.2, 0.25) is 0 Å². The number of rotatable bonds is 0. The molecule has 0 aliphatic heterocycles. The summed E-state index contributed by atoms with van der Waals surface area (Å²) in [6.45, 7) is 8.84. The average molecular weight is 334 g/mol. The zero-order chi connectivity index (χ0) is 17.8. The van der Waals surface area contributed by atoms with E-state index in [4.69, 9.17) is 0 Å². The van der Waals surface area contributed by atoms with Gasteiger partial charge >= 0.3 is 0 Å². The van der Waals surface area contributed by atoms with Gasteiger partial charge in [0.25, 0.3) is 0 Å². The third kappa shape index (κ3) is 2.15. The van der Waals surface area contributed by atoms with Crippen molar-refractivity contribution in [1.82, 2.24) is 0 Å². The molecule has 0 heteroatoms. The highest BCUT2D eigenvalue weighted by molar-refractivity contribution is 6.02. The molecular weight excluding hydrogens is 312 g/mol. The molecule has 0 spiro atoms. The Kier molecular flexibility index (Phi) is 3.30. The number of hydrogen-bond donors (Lipinski definition) is 0. The van der Waals surface area contributed by atoms with Crippen molar-refractivity contribution in [2.24, 2.45) is 5.92 Å². The topological polar surface area (TPSA) is 0 Å². The lowest BCUT2D eigenvalue weighted by Gasteiger charge is -2.27. The molecule has 0 saturated carbocycles. The molecule has 0 amide bonds. The Morgan fingerprint density at radius 3 is 2.58 bits per heavy atom. The Morgan fingerprint density at radius 2 is 1.73 bits per heavy atom. The van der Waals surface area contributed by atoms with Gasteiger partial charge in [0.1, 0.15) is 0 Å². The van der Waals surface area contributed by atoms with E-state index in [1.54, 1.807) is 0 Å². The van der Waals surface area contributed by atoms with Crippen LogP contribution < -0.4 is 0 Å². The first-order chi connectivity index (χ1) is 12.6. The molecule has 0 bridgehead atoms. The quantitative estimate of drug-likeness (QED) is 0.414. The Morgan fingerprint density at radius 1 is 0.923 bits per heavy atom. The maximum Gasteiger partial charge on any atom is -0.00355 e. The summed E-state index contributed by atoms with van der Waals surface area (Å²) in [6, 6.07) is 20.1. The number of aryl methyl sites for hydroxylation is 1. The van der Waals surface area contributed by atoms with Gasteiger partial charge in [0.15, 0.2) is 0 Å². The molecule has 0 fully saturated rings. The normalized spacial score (nSPS) is 18.4. The highest BCUT2D eigenvalue weighted by Gasteiger charge is 2.27. The van der Waals surface area contributed by atoms with Crippen LogP contribution in [0, 0.1) is 12.8 Å². The van der Waals surface area contributed by atoms with E-state index >= 15 is 0 Å². The molecule has 26 heavy (non-hydrogen) atoms. The number of hydrogen-bond acceptors (Lipinski definition) is 0. The van der Waals surface area contributed by atoms with Gasteiger partial charge in [-0.25, -0.2) is 0 Å². The van der Waals surface area contributed by atoms with Gasteiger partial charge in [0.2, 0.25) is 0 Å². The first-order valence-electron chi connectivity index (χ1n) is 9.36. The summed E-state index contributed by atoms with van der Waals surface area (Å²) in [4.78, 5) is 0. The van der Waals surface area contributed by atoms with Crippen molar-refractivity contribution in [2.75, 3.05) is 0 Å². The highest BCUT2D eigenvalue weighted by Crippen LogP contribution is 2.47. The zero-order valence-corrected chi connectivity index (χ0v) is 15.3. The second-order valence-electron chi connectivity index (χ2n) is 7.63. The van der Waals surface area contributed by atoms with Crippen molar-refractivity contribution < 1.29 is 0 Å². The summed E-state index contributed by atoms with van der Waals surface area (Å²) in [7, 11) is 0. The predicted molar refractivity (Wildman–Crippen MR) is 113 cm³/mol. The second kappa shape index (κ2) is 5.57. The van der Waals surface area contributed by atoms with Crippen molar-refractivity contribution in [1.29, 1.82) is 0 Å². The lowest BCUT2D eigenvalue weighted by atomic mass is 9.76. The Balaban J connectivity index is 1.89. The molecule has 5 rings (SSSR count). The fourth-order valence-corrected chi connectivity index (χ4v) is 4.53. The van der Waals surface area contributed by atoms with Gasteiger partial charge in [-0.3, -0.25) is 0 Å². The highest BCUT2D eigenvalue weighted by atomic mass is 14.3. The summed E-state index contributed by atoms with van der Waals surface area (Å²) >= 11 is 0. The van der Waals surface area contributed by atoms with Crippen molar-refractivity contribution in [3.05, 3.63) is 101 Å². The summed E-state index contributed by atoms with van der Waals surface area (Å²) in [5.74, 6) is 0.419. The van der Waals surface area contributed by atoms with E-state index in [-0.39, 0.29) is 0 Å². The van der Waals surface area contributed by atoms with Gasteiger partial charge in [-0.2, -0.15) is 0 Å². The molecular formula is C26H22. The van der Waals surface area contributed by atoms with Crippen LogP contribution in [-0.4, -0.2) is 0 Å². The van der Waals surface area contributed by atoms with E-state index in [0.717, 1.165) is 6.42 Å². The smallest absolute Gasteiger partial charge is 0.00355 e. The zero-order valence-electron chi connectivity index (χ0n) is 15.3. The van der Waals surface area contributed by atoms with Crippen LogP contribution >= 0.6 is 0 Å². The Hall–Kier alpha value is -2.86. The van der Waals surface area contributed by atoms with E-state index in [9.17, 15) is 0 Å². The fraction of sp³-hybridized carbons (Fsp3) is 0.154. The van der Waals surface area contributed by atoms with E-state index in [0.29, 0.717) is 5.92 Å². The van der Waals surface area contributed by atoms with E-state index in [1.165, 1.54) is 55.3 Å². The first-order valence-corrected chi connectivity index (χ1v) is 9.36. The van der Waals surface area contributed by atoms with Crippen molar-refractivity contribution >= 4 is 28.0 Å². The van der Waals surface area contributed by atoms with Gasteiger partial charge < -0.3 is 0 Å². The maximum absolute atomic E-state index is 4.37. The number of benzene rings is 3. The molecule has 0 N–H and O–H groups in total. The van der Waals surface area contributed by atoms with Crippen LogP contribution in [0.1, 0.15) is 41.2 Å². The minimum Gasteiger partial charge on any atom is -0.0949 e. The van der Waals surface area contributed by atoms with E-state index in [1.807, 2.05) is 0 Å². The molecule has 1 atom stereocenters. The van der Waals surface area contributed by atoms with Crippen LogP contribution in [-0.2, 0) is 0 Å². The standard InChI is InChI=1S/C26H22/c1-16-8-11-21-19(14-16)10-13-24-22(21)12-9-17(2)25-15-18(3)20-6-4-5-7-23(20)26(24)25/h4-14,17H,3,15H2,1-2H3. The summed E-state index contributed by atoms with van der Waals surface area (Å²) in [5.41, 5.74) is 10.8. The van der Waals surface area contributed by atoms with Crippen molar-refractivity contribution in [3.63, 3.8) is 0 Å². The van der Waals surface area contributed by atoms with Gasteiger partial charge in [0.05, 0.1) is 0 Å². The molecule has 2 aliphatic rings. The molecule has 3 aromatic rings. The Bertz CT molecular complexity index is 1140. The molecule has 126 valence electrons. The monoisotopic (exact) mass is 334 g/mol. The van der Waals surface area contributed by atoms with E-state index < -0.39 is 0 Å². The molecule has 3 aromatic carbocycles. The largest absolute Gasteiger partial charge is 0.0949 e. The van der Waals surface area contributed by atoms with Crippen LogP contribution in [0.15, 0.2) is 72.8 Å². The minimum absolute atomic E-state index is 0.419. The summed E-state index contributed by atoms with van der Waals surface area (Å²) < 4.78 is 0. The van der Waals surface area contributed by atoms with Crippen molar-refractivity contribution in [3.8, 4) is 0 Å². The number of fused-ring (bicyclic) bond motifs is 6. The molecule has 0 nitrogen and oxygen atoms in total. The third-order valence-electron chi connectivity index (χ3n) is 5.89. The summed E-state index contributed by atoms with van der Waals surface area (Å²) in [6.07, 6.45) is 5.66. The van der Waals surface area contributed by atoms with Gasteiger partial charge in [0, 0.05) is 0 Å². The Labute approximate surface area is 155 Å². The molecule has 0 saturated heterocycles. The van der Waals surface area contributed by atoms with Crippen LogP contribution in [0.25, 0.3) is 28.0 Å². The molecule has 2 aliphatic carbocycles. The van der Waals surface area contributed by atoms with Crippen LogP contribution in [0.5, 0.6) is 0 Å². The van der Waals surface area contributed by atoms with Gasteiger partial charge in [-0.05, 0) is 63.4 Å². The van der Waals surface area contributed by atoms with Gasteiger partial charge in [-0.1, -0.05) is 91.4 Å². The third-order valence-corrected chi connectivity index (χ3v) is 5.89. The van der Waals surface area contributed by atoms with E-state index in [2.05, 4.69) is 87.2 Å². The lowest BCUT2D eigenvalue weighted by Crippen LogP contribution is -2.09. The van der Waals surface area contributed by atoms with Crippen molar-refractivity contribution in [2.45, 2.75) is 20.3 Å². The molecule has 0 aromatic heterocycles. The minimum atomic E-state index is 0.419. The number of allylic oxidation sites excluding steroid dienone is 3. The van der Waals surface area contributed by atoms with Gasteiger partial charge in [-0.15, -0.1) is 0 Å².